The predicted octanol–water partition coefficient (Wildman–Crippen LogP) is 2.59. The van der Waals surface area contributed by atoms with E-state index in [1.54, 1.807) is 0 Å². The largest absolute Gasteiger partial charge is 0.454 e. The van der Waals surface area contributed by atoms with Crippen LogP contribution in [0.3, 0.4) is 0 Å². The van der Waals surface area contributed by atoms with Crippen LogP contribution in [0.1, 0.15) is 25.7 Å². The molecule has 0 bridgehead atoms. The van der Waals surface area contributed by atoms with Crippen molar-refractivity contribution >= 4 is 0 Å². The van der Waals surface area contributed by atoms with Gasteiger partial charge in [-0.05, 0) is 18.2 Å². The molecule has 88 valence electrons. The Morgan fingerprint density at radius 2 is 1.94 bits per heavy atom. The Morgan fingerprint density at radius 3 is 2.71 bits per heavy atom. The van der Waals surface area contributed by atoms with E-state index in [4.69, 9.17) is 13.9 Å². The zero-order valence-electron chi connectivity index (χ0n) is 9.64. The molecular weight excluding hydrogens is 220 g/mol. The topological polar surface area (TPSA) is 57.4 Å². The number of fused-ring (bicyclic) bond motifs is 1. The van der Waals surface area contributed by atoms with Gasteiger partial charge in [0.2, 0.25) is 18.6 Å². The first-order valence-corrected chi connectivity index (χ1v) is 5.47. The summed E-state index contributed by atoms with van der Waals surface area (Å²) >= 11 is 0. The summed E-state index contributed by atoms with van der Waals surface area (Å²) in [5, 5.41) is 8.02. The van der Waals surface area contributed by atoms with E-state index in [1.165, 1.54) is 0 Å². The molecule has 1 aromatic heterocycles. The number of rotatable bonds is 2. The molecule has 1 aromatic carbocycles. The molecule has 0 saturated carbocycles. The first-order valence-electron chi connectivity index (χ1n) is 5.47. The van der Waals surface area contributed by atoms with Gasteiger partial charge in [0.25, 0.3) is 0 Å². The summed E-state index contributed by atoms with van der Waals surface area (Å²) in [6.07, 6.45) is 0. The third-order valence-corrected chi connectivity index (χ3v) is 2.55. The lowest BCUT2D eigenvalue weighted by atomic mass is 10.2. The van der Waals surface area contributed by atoms with Gasteiger partial charge < -0.3 is 13.9 Å². The molecule has 1 aliphatic heterocycles. The molecule has 0 spiro atoms. The van der Waals surface area contributed by atoms with E-state index in [0.29, 0.717) is 17.5 Å². The van der Waals surface area contributed by atoms with Gasteiger partial charge in [0, 0.05) is 11.5 Å². The summed E-state index contributed by atoms with van der Waals surface area (Å²) in [6, 6.07) is 5.57. The van der Waals surface area contributed by atoms with Crippen molar-refractivity contribution in [2.75, 3.05) is 6.79 Å². The van der Waals surface area contributed by atoms with Crippen LogP contribution < -0.4 is 9.47 Å². The van der Waals surface area contributed by atoms with Gasteiger partial charge in [0.05, 0.1) is 0 Å². The smallest absolute Gasteiger partial charge is 0.247 e. The Morgan fingerprint density at radius 1 is 1.12 bits per heavy atom. The van der Waals surface area contributed by atoms with Crippen LogP contribution in [0, 0.1) is 0 Å². The maximum Gasteiger partial charge on any atom is 0.247 e. The monoisotopic (exact) mass is 232 g/mol. The van der Waals surface area contributed by atoms with Crippen LogP contribution >= 0.6 is 0 Å². The third-order valence-electron chi connectivity index (χ3n) is 2.55. The summed E-state index contributed by atoms with van der Waals surface area (Å²) in [5.41, 5.74) is 0.841. The molecule has 2 aromatic rings. The molecule has 3 rings (SSSR count). The number of aromatic nitrogens is 2. The SMILES string of the molecule is CC(C)c1nnc(-c2ccc3c(c2)OCO3)o1. The van der Waals surface area contributed by atoms with Crippen molar-refractivity contribution < 1.29 is 13.9 Å². The molecule has 5 nitrogen and oxygen atoms in total. The number of hydrogen-bond donors (Lipinski definition) is 0. The van der Waals surface area contributed by atoms with Gasteiger partial charge in [-0.3, -0.25) is 0 Å². The lowest BCUT2D eigenvalue weighted by molar-refractivity contribution is 0.174. The van der Waals surface area contributed by atoms with Crippen molar-refractivity contribution in [3.8, 4) is 23.0 Å². The minimum atomic E-state index is 0.227. The normalized spacial score (nSPS) is 13.4. The molecule has 0 fully saturated rings. The molecule has 17 heavy (non-hydrogen) atoms. The quantitative estimate of drug-likeness (QED) is 0.796. The fraction of sp³-hybridized carbons (Fsp3) is 0.333. The van der Waals surface area contributed by atoms with Gasteiger partial charge in [0.15, 0.2) is 11.5 Å². The van der Waals surface area contributed by atoms with Crippen molar-refractivity contribution in [2.45, 2.75) is 19.8 Å². The Kier molecular flexibility index (Phi) is 2.24. The molecule has 5 heteroatoms. The molecule has 1 aliphatic rings. The molecule has 2 heterocycles. The first kappa shape index (κ1) is 10.1. The molecule has 0 saturated heterocycles. The average molecular weight is 232 g/mol. The Balaban J connectivity index is 1.97. The lowest BCUT2D eigenvalue weighted by Gasteiger charge is -1.98. The maximum absolute atomic E-state index is 5.57. The second kappa shape index (κ2) is 3.76. The predicted molar refractivity (Wildman–Crippen MR) is 59.9 cm³/mol. The van der Waals surface area contributed by atoms with Gasteiger partial charge in [-0.25, -0.2) is 0 Å². The van der Waals surface area contributed by atoms with Gasteiger partial charge >= 0.3 is 0 Å². The highest BCUT2D eigenvalue weighted by atomic mass is 16.7. The van der Waals surface area contributed by atoms with E-state index >= 15 is 0 Å². The van der Waals surface area contributed by atoms with Crippen molar-refractivity contribution in [3.63, 3.8) is 0 Å². The standard InChI is InChI=1S/C12H12N2O3/c1-7(2)11-13-14-12(17-11)8-3-4-9-10(5-8)16-6-15-9/h3-5,7H,6H2,1-2H3. The summed E-state index contributed by atoms with van der Waals surface area (Å²) in [6.45, 7) is 4.29. The second-order valence-corrected chi connectivity index (χ2v) is 4.17. The minimum Gasteiger partial charge on any atom is -0.454 e. The summed E-state index contributed by atoms with van der Waals surface area (Å²) < 4.78 is 16.1. The zero-order valence-corrected chi connectivity index (χ0v) is 9.64. The summed E-state index contributed by atoms with van der Waals surface area (Å²) in [5.74, 6) is 2.83. The third kappa shape index (κ3) is 1.73. The van der Waals surface area contributed by atoms with E-state index in [0.717, 1.165) is 11.3 Å². The molecule has 0 radical (unpaired) electrons. The van der Waals surface area contributed by atoms with Crippen LogP contribution in [0.25, 0.3) is 11.5 Å². The lowest BCUT2D eigenvalue weighted by Crippen LogP contribution is -1.92. The highest BCUT2D eigenvalue weighted by Gasteiger charge is 2.17. The fourth-order valence-corrected chi connectivity index (χ4v) is 1.61. The number of hydrogen-bond acceptors (Lipinski definition) is 5. The van der Waals surface area contributed by atoms with Crippen molar-refractivity contribution in [2.24, 2.45) is 0 Å². The van der Waals surface area contributed by atoms with Crippen molar-refractivity contribution in [1.29, 1.82) is 0 Å². The maximum atomic E-state index is 5.57. The van der Waals surface area contributed by atoms with E-state index in [2.05, 4.69) is 10.2 Å². The second-order valence-electron chi connectivity index (χ2n) is 4.17. The van der Waals surface area contributed by atoms with Crippen LogP contribution in [0.2, 0.25) is 0 Å². The van der Waals surface area contributed by atoms with Gasteiger partial charge in [-0.1, -0.05) is 13.8 Å². The van der Waals surface area contributed by atoms with Crippen molar-refractivity contribution in [1.82, 2.24) is 10.2 Å². The minimum absolute atomic E-state index is 0.227. The van der Waals surface area contributed by atoms with Crippen LogP contribution in [-0.2, 0) is 0 Å². The van der Waals surface area contributed by atoms with Crippen molar-refractivity contribution in [3.05, 3.63) is 24.1 Å². The summed E-state index contributed by atoms with van der Waals surface area (Å²) in [4.78, 5) is 0. The molecule has 0 amide bonds. The summed E-state index contributed by atoms with van der Waals surface area (Å²) in [7, 11) is 0. The number of benzene rings is 1. The Labute approximate surface area is 98.4 Å². The molecule has 0 unspecified atom stereocenters. The first-order chi connectivity index (χ1) is 8.24. The van der Waals surface area contributed by atoms with Crippen LogP contribution in [0.15, 0.2) is 22.6 Å². The van der Waals surface area contributed by atoms with E-state index in [9.17, 15) is 0 Å². The van der Waals surface area contributed by atoms with Gasteiger partial charge in [-0.2, -0.15) is 0 Å². The number of nitrogens with zero attached hydrogens (tertiary/aromatic N) is 2. The van der Waals surface area contributed by atoms with E-state index in [-0.39, 0.29) is 12.7 Å². The fourth-order valence-electron chi connectivity index (χ4n) is 1.61. The highest BCUT2D eigenvalue weighted by molar-refractivity contribution is 5.60. The van der Waals surface area contributed by atoms with Crippen LogP contribution in [0.5, 0.6) is 11.5 Å². The number of ether oxygens (including phenoxy) is 2. The Bertz CT molecular complexity index is 548. The van der Waals surface area contributed by atoms with E-state index in [1.807, 2.05) is 32.0 Å². The average Bonchev–Trinajstić information content (AvgIpc) is 2.97. The molecule has 0 atom stereocenters. The van der Waals surface area contributed by atoms with Crippen LogP contribution in [0.4, 0.5) is 0 Å². The van der Waals surface area contributed by atoms with E-state index < -0.39 is 0 Å². The molecular formula is C12H12N2O3. The molecule has 0 aliphatic carbocycles. The van der Waals surface area contributed by atoms with Gasteiger partial charge in [-0.15, -0.1) is 10.2 Å². The molecule has 0 N–H and O–H groups in total. The zero-order chi connectivity index (χ0) is 11.8. The highest BCUT2D eigenvalue weighted by Crippen LogP contribution is 2.35. The Hall–Kier alpha value is -2.04. The van der Waals surface area contributed by atoms with Gasteiger partial charge in [0.1, 0.15) is 0 Å². The van der Waals surface area contributed by atoms with Crippen LogP contribution in [-0.4, -0.2) is 17.0 Å².